The molecule has 9 nitrogen and oxygen atoms in total. The third-order valence-corrected chi connectivity index (χ3v) is 6.90. The summed E-state index contributed by atoms with van der Waals surface area (Å²) in [6.07, 6.45) is 0.756. The molecule has 2 aliphatic rings. The summed E-state index contributed by atoms with van der Waals surface area (Å²) in [5.74, 6) is 1.41. The van der Waals surface area contributed by atoms with Gasteiger partial charge in [0.15, 0.2) is 5.16 Å². The van der Waals surface area contributed by atoms with Crippen LogP contribution in [0.15, 0.2) is 25.8 Å². The molecule has 0 spiro atoms. The minimum absolute atomic E-state index is 0.379. The molecule has 3 aromatic heterocycles. The first kappa shape index (κ1) is 18.7. The average Bonchev–Trinajstić information content (AvgIpc) is 3.15. The molecule has 2 aliphatic heterocycles. The minimum Gasteiger partial charge on any atom is -0.354 e. The topological polar surface area (TPSA) is 112 Å². The maximum Gasteiger partial charge on any atom is 0.328 e. The first-order chi connectivity index (χ1) is 13.9. The summed E-state index contributed by atoms with van der Waals surface area (Å²) in [7, 11) is 1.43. The molecular weight excluding hydrogens is 414 g/mol. The lowest BCUT2D eigenvalue weighted by atomic mass is 9.96. The molecule has 152 valence electrons. The zero-order chi connectivity index (χ0) is 20.3. The minimum atomic E-state index is -0.473. The summed E-state index contributed by atoms with van der Waals surface area (Å²) in [6.45, 7) is 4.84. The summed E-state index contributed by atoms with van der Waals surface area (Å²) in [6, 6.07) is 1.85. The van der Waals surface area contributed by atoms with Crippen LogP contribution in [-0.4, -0.2) is 50.2 Å². The van der Waals surface area contributed by atoms with E-state index in [1.807, 2.05) is 6.92 Å². The second-order valence-electron chi connectivity index (χ2n) is 7.44. The molecule has 0 amide bonds. The zero-order valence-electron chi connectivity index (χ0n) is 16.0. The fourth-order valence-corrected chi connectivity index (χ4v) is 5.02. The number of halogens is 1. The van der Waals surface area contributed by atoms with Gasteiger partial charge in [0.1, 0.15) is 11.5 Å². The molecule has 2 atom stereocenters. The number of nitrogens with one attached hydrogen (secondary N) is 3. The van der Waals surface area contributed by atoms with Crippen LogP contribution in [0.3, 0.4) is 0 Å². The van der Waals surface area contributed by atoms with E-state index >= 15 is 0 Å². The highest BCUT2D eigenvalue weighted by atomic mass is 35.5. The molecule has 0 saturated carbocycles. The van der Waals surface area contributed by atoms with Gasteiger partial charge in [-0.25, -0.2) is 14.8 Å². The Labute approximate surface area is 174 Å². The lowest BCUT2D eigenvalue weighted by molar-refractivity contribution is 0.297. The Hall–Kier alpha value is -2.30. The van der Waals surface area contributed by atoms with Gasteiger partial charge in [-0.1, -0.05) is 18.5 Å². The lowest BCUT2D eigenvalue weighted by Crippen LogP contribution is -2.51. The number of rotatable bonds is 4. The molecule has 2 unspecified atom stereocenters. The third-order valence-electron chi connectivity index (χ3n) is 5.68. The molecule has 3 aromatic rings. The van der Waals surface area contributed by atoms with Gasteiger partial charge in [-0.2, -0.15) is 0 Å². The van der Waals surface area contributed by atoms with E-state index in [1.165, 1.54) is 13.1 Å². The van der Waals surface area contributed by atoms with E-state index in [0.717, 1.165) is 59.3 Å². The highest BCUT2D eigenvalue weighted by Gasteiger charge is 2.40. The molecule has 5 heterocycles. The van der Waals surface area contributed by atoms with Crippen molar-refractivity contribution >= 4 is 40.2 Å². The lowest BCUT2D eigenvalue weighted by Gasteiger charge is -2.29. The second-order valence-corrected chi connectivity index (χ2v) is 8.83. The van der Waals surface area contributed by atoms with Gasteiger partial charge in [0.2, 0.25) is 0 Å². The standard InChI is InChI=1S/C18H20ClN7O2S/c1-3-9-14(19)13-15(21-9)23-17(29-11-4-12(27)25(2)18(28)22-11)24-16(13)26-6-8-5-20-10(8)7-26/h4,8,10,20H,3,5-7H2,1-2H3,(H,22,28)(H,21,23,24). The largest absolute Gasteiger partial charge is 0.354 e. The van der Waals surface area contributed by atoms with E-state index in [0.29, 0.717) is 32.8 Å². The Bertz CT molecular complexity index is 1190. The summed E-state index contributed by atoms with van der Waals surface area (Å²) in [5.41, 5.74) is 0.731. The third kappa shape index (κ3) is 3.06. The molecule has 2 saturated heterocycles. The average molecular weight is 434 g/mol. The molecule has 0 aromatic carbocycles. The number of H-pyrrole nitrogens is 2. The summed E-state index contributed by atoms with van der Waals surface area (Å²) >= 11 is 7.80. The number of aromatic nitrogens is 5. The second kappa shape index (κ2) is 6.89. The van der Waals surface area contributed by atoms with Gasteiger partial charge in [0.25, 0.3) is 5.56 Å². The van der Waals surface area contributed by atoms with E-state index < -0.39 is 5.69 Å². The predicted octanol–water partition coefficient (Wildman–Crippen LogP) is 1.12. The van der Waals surface area contributed by atoms with Gasteiger partial charge >= 0.3 is 5.69 Å². The first-order valence-electron chi connectivity index (χ1n) is 9.49. The zero-order valence-corrected chi connectivity index (χ0v) is 17.5. The fraction of sp³-hybridized carbons (Fsp3) is 0.444. The summed E-state index contributed by atoms with van der Waals surface area (Å²) in [4.78, 5) is 41.5. The van der Waals surface area contributed by atoms with Gasteiger partial charge in [-0.15, -0.1) is 0 Å². The number of fused-ring (bicyclic) bond motifs is 2. The van der Waals surface area contributed by atoms with Crippen molar-refractivity contribution in [1.82, 2.24) is 29.8 Å². The van der Waals surface area contributed by atoms with Crippen LogP contribution in [0.1, 0.15) is 12.6 Å². The van der Waals surface area contributed by atoms with E-state index in [-0.39, 0.29) is 5.56 Å². The van der Waals surface area contributed by atoms with Crippen LogP contribution in [0.4, 0.5) is 5.82 Å². The Balaban J connectivity index is 1.61. The number of hydrogen-bond acceptors (Lipinski definition) is 7. The van der Waals surface area contributed by atoms with Crippen molar-refractivity contribution in [3.8, 4) is 0 Å². The number of aryl methyl sites for hydroxylation is 1. The fourth-order valence-electron chi connectivity index (χ4n) is 3.90. The Morgan fingerprint density at radius 1 is 1.28 bits per heavy atom. The summed E-state index contributed by atoms with van der Waals surface area (Å²) < 4.78 is 1.02. The number of aromatic amines is 2. The van der Waals surface area contributed by atoms with E-state index in [9.17, 15) is 9.59 Å². The van der Waals surface area contributed by atoms with Gasteiger partial charge in [-0.05, 0) is 18.2 Å². The molecule has 0 aliphatic carbocycles. The van der Waals surface area contributed by atoms with Crippen LogP contribution in [0.2, 0.25) is 5.02 Å². The van der Waals surface area contributed by atoms with Crippen molar-refractivity contribution in [3.05, 3.63) is 37.6 Å². The van der Waals surface area contributed by atoms with Crippen LogP contribution >= 0.6 is 23.4 Å². The SMILES string of the molecule is CCc1[nH]c2nc(Sc3cc(=O)n(C)c(=O)[nH]3)nc(N3CC4CNC4C3)c2c1Cl. The highest BCUT2D eigenvalue weighted by Crippen LogP contribution is 2.38. The monoisotopic (exact) mass is 433 g/mol. The van der Waals surface area contributed by atoms with Crippen molar-refractivity contribution < 1.29 is 0 Å². The quantitative estimate of drug-likeness (QED) is 0.417. The molecule has 29 heavy (non-hydrogen) atoms. The van der Waals surface area contributed by atoms with Gasteiger partial charge in [-0.3, -0.25) is 9.36 Å². The van der Waals surface area contributed by atoms with Gasteiger partial charge in [0, 0.05) is 50.4 Å². The van der Waals surface area contributed by atoms with Crippen LogP contribution in [0.25, 0.3) is 11.0 Å². The van der Waals surface area contributed by atoms with Crippen molar-refractivity contribution in [3.63, 3.8) is 0 Å². The number of anilines is 1. The highest BCUT2D eigenvalue weighted by molar-refractivity contribution is 7.99. The van der Waals surface area contributed by atoms with Crippen LogP contribution in [0.5, 0.6) is 0 Å². The smallest absolute Gasteiger partial charge is 0.328 e. The Morgan fingerprint density at radius 2 is 2.10 bits per heavy atom. The maximum absolute atomic E-state index is 12.0. The molecule has 2 fully saturated rings. The Kier molecular flexibility index (Phi) is 4.45. The molecule has 0 bridgehead atoms. The van der Waals surface area contributed by atoms with Crippen molar-refractivity contribution in [1.29, 1.82) is 0 Å². The van der Waals surface area contributed by atoms with Crippen LogP contribution < -0.4 is 21.5 Å². The molecule has 0 radical (unpaired) electrons. The Morgan fingerprint density at radius 3 is 2.72 bits per heavy atom. The number of nitrogens with zero attached hydrogens (tertiary/aromatic N) is 4. The maximum atomic E-state index is 12.0. The van der Waals surface area contributed by atoms with Crippen molar-refractivity contribution in [2.75, 3.05) is 24.5 Å². The predicted molar refractivity (Wildman–Crippen MR) is 112 cm³/mol. The number of hydrogen-bond donors (Lipinski definition) is 3. The molecular formula is C18H20ClN7O2S. The summed E-state index contributed by atoms with van der Waals surface area (Å²) in [5, 5.41) is 5.78. The molecule has 3 N–H and O–H groups in total. The van der Waals surface area contributed by atoms with E-state index in [4.69, 9.17) is 16.6 Å². The van der Waals surface area contributed by atoms with Gasteiger partial charge < -0.3 is 20.2 Å². The van der Waals surface area contributed by atoms with Crippen LogP contribution in [0, 0.1) is 5.92 Å². The molecule has 11 heteroatoms. The van der Waals surface area contributed by atoms with Crippen molar-refractivity contribution in [2.24, 2.45) is 13.0 Å². The molecule has 5 rings (SSSR count). The normalized spacial score (nSPS) is 20.9. The van der Waals surface area contributed by atoms with Crippen LogP contribution in [-0.2, 0) is 13.5 Å². The van der Waals surface area contributed by atoms with E-state index in [2.05, 4.69) is 25.2 Å². The van der Waals surface area contributed by atoms with Crippen molar-refractivity contribution in [2.45, 2.75) is 29.6 Å². The van der Waals surface area contributed by atoms with Gasteiger partial charge in [0.05, 0.1) is 15.4 Å². The van der Waals surface area contributed by atoms with E-state index in [1.54, 1.807) is 0 Å². The first-order valence-corrected chi connectivity index (χ1v) is 10.7.